The smallest absolute Gasteiger partial charge is 0.248 e. The summed E-state index contributed by atoms with van der Waals surface area (Å²) in [4.78, 5) is 15.7. The van der Waals surface area contributed by atoms with Crippen molar-refractivity contribution in [3.63, 3.8) is 0 Å². The molecule has 2 rings (SSSR count). The van der Waals surface area contributed by atoms with Crippen LogP contribution in [0.15, 0.2) is 54.9 Å². The highest BCUT2D eigenvalue weighted by Crippen LogP contribution is 2.22. The Morgan fingerprint density at radius 1 is 1.21 bits per heavy atom. The molecule has 1 amide bonds. The van der Waals surface area contributed by atoms with Gasteiger partial charge in [0.05, 0.1) is 12.8 Å². The van der Waals surface area contributed by atoms with Gasteiger partial charge in [0.2, 0.25) is 5.91 Å². The van der Waals surface area contributed by atoms with Crippen LogP contribution in [0.25, 0.3) is 6.08 Å². The normalized spacial score (nSPS) is 10.4. The quantitative estimate of drug-likeness (QED) is 0.853. The molecule has 2 aromatic rings. The average molecular weight is 254 g/mol. The van der Waals surface area contributed by atoms with Crippen LogP contribution in [0.1, 0.15) is 5.56 Å². The van der Waals surface area contributed by atoms with E-state index in [1.165, 1.54) is 6.08 Å². The number of pyridine rings is 1. The fourth-order valence-electron chi connectivity index (χ4n) is 1.57. The van der Waals surface area contributed by atoms with Gasteiger partial charge in [-0.3, -0.25) is 9.78 Å². The number of nitrogens with one attached hydrogen (secondary N) is 1. The summed E-state index contributed by atoms with van der Waals surface area (Å²) >= 11 is 0. The number of benzene rings is 1. The van der Waals surface area contributed by atoms with Crippen LogP contribution in [0.4, 0.5) is 5.69 Å². The van der Waals surface area contributed by atoms with E-state index >= 15 is 0 Å². The van der Waals surface area contributed by atoms with Gasteiger partial charge >= 0.3 is 0 Å². The predicted molar refractivity (Wildman–Crippen MR) is 74.9 cm³/mol. The van der Waals surface area contributed by atoms with Crippen molar-refractivity contribution < 1.29 is 9.53 Å². The third-order valence-electron chi connectivity index (χ3n) is 2.50. The molecule has 4 nitrogen and oxygen atoms in total. The molecule has 0 unspecified atom stereocenters. The zero-order chi connectivity index (χ0) is 13.5. The molecule has 1 heterocycles. The van der Waals surface area contributed by atoms with E-state index in [1.54, 1.807) is 37.7 Å². The molecule has 0 spiro atoms. The molecule has 0 bridgehead atoms. The number of amides is 1. The fourth-order valence-corrected chi connectivity index (χ4v) is 1.57. The van der Waals surface area contributed by atoms with Crippen molar-refractivity contribution in [2.45, 2.75) is 0 Å². The van der Waals surface area contributed by atoms with Crippen LogP contribution >= 0.6 is 0 Å². The molecule has 0 saturated heterocycles. The van der Waals surface area contributed by atoms with Crippen molar-refractivity contribution in [2.75, 3.05) is 12.4 Å². The molecular weight excluding hydrogens is 240 g/mol. The largest absolute Gasteiger partial charge is 0.495 e. The lowest BCUT2D eigenvalue weighted by molar-refractivity contribution is -0.111. The van der Waals surface area contributed by atoms with E-state index in [0.717, 1.165) is 5.56 Å². The first-order valence-corrected chi connectivity index (χ1v) is 5.81. The Morgan fingerprint density at radius 2 is 1.95 bits per heavy atom. The maximum absolute atomic E-state index is 11.8. The highest BCUT2D eigenvalue weighted by molar-refractivity contribution is 6.02. The lowest BCUT2D eigenvalue weighted by atomic mass is 10.2. The molecule has 1 aromatic heterocycles. The second kappa shape index (κ2) is 6.35. The first-order valence-electron chi connectivity index (χ1n) is 5.81. The third-order valence-corrected chi connectivity index (χ3v) is 2.50. The topological polar surface area (TPSA) is 51.2 Å². The Labute approximate surface area is 111 Å². The SMILES string of the molecule is COc1ccccc1NC(=O)/C=C/c1ccncc1. The summed E-state index contributed by atoms with van der Waals surface area (Å²) in [7, 11) is 1.57. The summed E-state index contributed by atoms with van der Waals surface area (Å²) in [6, 6.07) is 10.9. The number of carbonyl (C=O) groups is 1. The number of aromatic nitrogens is 1. The van der Waals surface area contributed by atoms with E-state index < -0.39 is 0 Å². The lowest BCUT2D eigenvalue weighted by Gasteiger charge is -2.07. The molecule has 0 aliphatic carbocycles. The Hall–Kier alpha value is -2.62. The van der Waals surface area contributed by atoms with Gasteiger partial charge in [-0.05, 0) is 35.9 Å². The molecule has 0 aliphatic heterocycles. The van der Waals surface area contributed by atoms with Gasteiger partial charge in [-0.15, -0.1) is 0 Å². The van der Waals surface area contributed by atoms with Gasteiger partial charge in [0, 0.05) is 18.5 Å². The molecule has 0 atom stereocenters. The summed E-state index contributed by atoms with van der Waals surface area (Å²) in [6.07, 6.45) is 6.56. The second-order valence-corrected chi connectivity index (χ2v) is 3.80. The molecule has 4 heteroatoms. The Kier molecular flexibility index (Phi) is 4.29. The number of anilines is 1. The monoisotopic (exact) mass is 254 g/mol. The van der Waals surface area contributed by atoms with Crippen molar-refractivity contribution in [3.05, 3.63) is 60.4 Å². The molecule has 0 radical (unpaired) electrons. The van der Waals surface area contributed by atoms with Crippen molar-refractivity contribution in [2.24, 2.45) is 0 Å². The van der Waals surface area contributed by atoms with Crippen LogP contribution in [-0.2, 0) is 4.79 Å². The molecular formula is C15H14N2O2. The number of carbonyl (C=O) groups excluding carboxylic acids is 1. The van der Waals surface area contributed by atoms with Gasteiger partial charge in [0.1, 0.15) is 5.75 Å². The summed E-state index contributed by atoms with van der Waals surface area (Å²) in [5, 5.41) is 2.77. The molecule has 1 N–H and O–H groups in total. The molecule has 0 aliphatic rings. The standard InChI is InChI=1S/C15H14N2O2/c1-19-14-5-3-2-4-13(14)17-15(18)7-6-12-8-10-16-11-9-12/h2-11H,1H3,(H,17,18)/b7-6+. The van der Waals surface area contributed by atoms with Crippen LogP contribution in [0.5, 0.6) is 5.75 Å². The number of para-hydroxylation sites is 2. The first-order chi connectivity index (χ1) is 9.29. The number of hydrogen-bond acceptors (Lipinski definition) is 3. The number of hydrogen-bond donors (Lipinski definition) is 1. The van der Waals surface area contributed by atoms with E-state index in [0.29, 0.717) is 11.4 Å². The zero-order valence-corrected chi connectivity index (χ0v) is 10.5. The van der Waals surface area contributed by atoms with Crippen molar-refractivity contribution >= 4 is 17.7 Å². The minimum absolute atomic E-state index is 0.207. The van der Waals surface area contributed by atoms with Crippen LogP contribution in [0, 0.1) is 0 Å². The van der Waals surface area contributed by atoms with Gasteiger partial charge in [0.25, 0.3) is 0 Å². The van der Waals surface area contributed by atoms with Crippen LogP contribution in [-0.4, -0.2) is 18.0 Å². The van der Waals surface area contributed by atoms with Gasteiger partial charge in [-0.2, -0.15) is 0 Å². The van der Waals surface area contributed by atoms with E-state index in [1.807, 2.05) is 24.3 Å². The summed E-state index contributed by atoms with van der Waals surface area (Å²) < 4.78 is 5.16. The van der Waals surface area contributed by atoms with Crippen LogP contribution in [0.2, 0.25) is 0 Å². The van der Waals surface area contributed by atoms with Gasteiger partial charge < -0.3 is 10.1 Å². The number of ether oxygens (including phenoxy) is 1. The second-order valence-electron chi connectivity index (χ2n) is 3.80. The Morgan fingerprint density at radius 3 is 2.68 bits per heavy atom. The number of nitrogens with zero attached hydrogens (tertiary/aromatic N) is 1. The van der Waals surface area contributed by atoms with Crippen molar-refractivity contribution in [3.8, 4) is 5.75 Å². The minimum Gasteiger partial charge on any atom is -0.495 e. The zero-order valence-electron chi connectivity index (χ0n) is 10.5. The highest BCUT2D eigenvalue weighted by atomic mass is 16.5. The van der Waals surface area contributed by atoms with E-state index in [9.17, 15) is 4.79 Å². The average Bonchev–Trinajstić information content (AvgIpc) is 2.47. The van der Waals surface area contributed by atoms with Gasteiger partial charge in [-0.1, -0.05) is 12.1 Å². The molecule has 19 heavy (non-hydrogen) atoms. The van der Waals surface area contributed by atoms with E-state index in [2.05, 4.69) is 10.3 Å². The van der Waals surface area contributed by atoms with Crippen molar-refractivity contribution in [1.29, 1.82) is 0 Å². The van der Waals surface area contributed by atoms with E-state index in [4.69, 9.17) is 4.74 Å². The number of rotatable bonds is 4. The maximum Gasteiger partial charge on any atom is 0.248 e. The maximum atomic E-state index is 11.8. The van der Waals surface area contributed by atoms with E-state index in [-0.39, 0.29) is 5.91 Å². The summed E-state index contributed by atoms with van der Waals surface area (Å²) in [5.74, 6) is 0.425. The first kappa shape index (κ1) is 12.8. The summed E-state index contributed by atoms with van der Waals surface area (Å²) in [5.41, 5.74) is 1.57. The lowest BCUT2D eigenvalue weighted by Crippen LogP contribution is -2.08. The van der Waals surface area contributed by atoms with Gasteiger partial charge in [0.15, 0.2) is 0 Å². The minimum atomic E-state index is -0.207. The molecule has 0 saturated carbocycles. The third kappa shape index (κ3) is 3.67. The Bertz CT molecular complexity index is 580. The molecule has 0 fully saturated rings. The highest BCUT2D eigenvalue weighted by Gasteiger charge is 2.03. The predicted octanol–water partition coefficient (Wildman–Crippen LogP) is 2.74. The van der Waals surface area contributed by atoms with Crippen molar-refractivity contribution in [1.82, 2.24) is 4.98 Å². The van der Waals surface area contributed by atoms with Crippen LogP contribution in [0.3, 0.4) is 0 Å². The fraction of sp³-hybridized carbons (Fsp3) is 0.0667. The number of methoxy groups -OCH3 is 1. The molecule has 1 aromatic carbocycles. The molecule has 96 valence electrons. The summed E-state index contributed by atoms with van der Waals surface area (Å²) in [6.45, 7) is 0. The Balaban J connectivity index is 2.04. The van der Waals surface area contributed by atoms with Crippen LogP contribution < -0.4 is 10.1 Å². The van der Waals surface area contributed by atoms with Gasteiger partial charge in [-0.25, -0.2) is 0 Å².